The van der Waals surface area contributed by atoms with E-state index in [0.29, 0.717) is 5.96 Å². The second-order valence-corrected chi connectivity index (χ2v) is 3.70. The molecule has 2 N–H and O–H groups in total. The van der Waals surface area contributed by atoms with E-state index in [1.54, 1.807) is 7.11 Å². The van der Waals surface area contributed by atoms with E-state index in [4.69, 9.17) is 10.5 Å². The van der Waals surface area contributed by atoms with Crippen LogP contribution in [-0.4, -0.2) is 43.2 Å². The van der Waals surface area contributed by atoms with Gasteiger partial charge in [-0.2, -0.15) is 0 Å². The highest BCUT2D eigenvalue weighted by molar-refractivity contribution is 5.80. The van der Waals surface area contributed by atoms with Crippen molar-refractivity contribution in [1.82, 2.24) is 4.90 Å². The molecule has 0 fully saturated rings. The summed E-state index contributed by atoms with van der Waals surface area (Å²) in [4.78, 5) is 6.19. The summed E-state index contributed by atoms with van der Waals surface area (Å²) in [5.74, 6) is 0.613. The van der Waals surface area contributed by atoms with Gasteiger partial charge >= 0.3 is 0 Å². The maximum Gasteiger partial charge on any atom is 0.191 e. The molecule has 2 atom stereocenters. The molecule has 0 aliphatic carbocycles. The number of hydrogen-bond donors (Lipinski definition) is 1. The van der Waals surface area contributed by atoms with Gasteiger partial charge in [-0.1, -0.05) is 6.92 Å². The number of ether oxygens (including phenoxy) is 1. The van der Waals surface area contributed by atoms with Gasteiger partial charge < -0.3 is 15.4 Å². The summed E-state index contributed by atoms with van der Waals surface area (Å²) >= 11 is 0. The largest absolute Gasteiger partial charge is 0.376 e. The van der Waals surface area contributed by atoms with Crippen molar-refractivity contribution >= 4 is 5.96 Å². The maximum absolute atomic E-state index is 5.70. The van der Waals surface area contributed by atoms with Gasteiger partial charge in [0, 0.05) is 14.2 Å². The minimum absolute atomic E-state index is 0.153. The van der Waals surface area contributed by atoms with Crippen LogP contribution in [-0.2, 0) is 4.74 Å². The first-order valence-corrected chi connectivity index (χ1v) is 4.63. The molecule has 0 aromatic heterocycles. The molecule has 1 heterocycles. The van der Waals surface area contributed by atoms with Gasteiger partial charge in [0.2, 0.25) is 0 Å². The molecule has 1 aliphatic heterocycles. The Hall–Kier alpha value is -0.770. The zero-order valence-electron chi connectivity index (χ0n) is 8.87. The standard InChI is InChI=1S/C9H19N3O/c1-5-9(2,13-4)7-6-11-8(10)12(7)3/h7H,5-6H2,1-4H3,(H2,10,11). The predicted octanol–water partition coefficient (Wildman–Crippen LogP) is 0.430. The maximum atomic E-state index is 5.70. The molecule has 4 heteroatoms. The second-order valence-electron chi connectivity index (χ2n) is 3.70. The molecule has 76 valence electrons. The SMILES string of the molecule is CCC(C)(OC)C1CN=C(N)N1C. The van der Waals surface area contributed by atoms with Crippen molar-refractivity contribution in [2.24, 2.45) is 10.7 Å². The summed E-state index contributed by atoms with van der Waals surface area (Å²) in [5.41, 5.74) is 5.54. The van der Waals surface area contributed by atoms with Crippen molar-refractivity contribution < 1.29 is 4.74 Å². The van der Waals surface area contributed by atoms with Gasteiger partial charge in [-0.25, -0.2) is 0 Å². The molecule has 0 saturated heterocycles. The molecule has 2 unspecified atom stereocenters. The molecule has 0 spiro atoms. The van der Waals surface area contributed by atoms with E-state index < -0.39 is 0 Å². The Morgan fingerprint density at radius 2 is 2.38 bits per heavy atom. The van der Waals surface area contributed by atoms with Crippen LogP contribution in [0.15, 0.2) is 4.99 Å². The van der Waals surface area contributed by atoms with E-state index in [-0.39, 0.29) is 11.6 Å². The van der Waals surface area contributed by atoms with E-state index in [9.17, 15) is 0 Å². The van der Waals surface area contributed by atoms with Gasteiger partial charge in [0.1, 0.15) is 0 Å². The monoisotopic (exact) mass is 185 g/mol. The molecule has 0 amide bonds. The van der Waals surface area contributed by atoms with Crippen molar-refractivity contribution in [3.63, 3.8) is 0 Å². The fraction of sp³-hybridized carbons (Fsp3) is 0.889. The highest BCUT2D eigenvalue weighted by Gasteiger charge is 2.38. The second kappa shape index (κ2) is 3.54. The van der Waals surface area contributed by atoms with Crippen LogP contribution in [0.1, 0.15) is 20.3 Å². The topological polar surface area (TPSA) is 50.9 Å². The quantitative estimate of drug-likeness (QED) is 0.693. The summed E-state index contributed by atoms with van der Waals surface area (Å²) < 4.78 is 5.52. The van der Waals surface area contributed by atoms with E-state index in [0.717, 1.165) is 13.0 Å². The van der Waals surface area contributed by atoms with Crippen molar-refractivity contribution in [2.45, 2.75) is 31.9 Å². The fourth-order valence-electron chi connectivity index (χ4n) is 1.69. The smallest absolute Gasteiger partial charge is 0.191 e. The Kier molecular flexibility index (Phi) is 2.81. The number of rotatable bonds is 3. The van der Waals surface area contributed by atoms with Crippen LogP contribution in [0.3, 0.4) is 0 Å². The number of nitrogens with zero attached hydrogens (tertiary/aromatic N) is 2. The summed E-state index contributed by atoms with van der Waals surface area (Å²) in [6.07, 6.45) is 0.960. The van der Waals surface area contributed by atoms with Gasteiger partial charge in [-0.15, -0.1) is 0 Å². The third-order valence-corrected chi connectivity index (χ3v) is 3.13. The molecular weight excluding hydrogens is 166 g/mol. The Balaban J connectivity index is 2.74. The van der Waals surface area contributed by atoms with Crippen molar-refractivity contribution in [3.05, 3.63) is 0 Å². The average molecular weight is 185 g/mol. The lowest BCUT2D eigenvalue weighted by atomic mass is 9.93. The molecule has 0 bridgehead atoms. The van der Waals surface area contributed by atoms with Crippen molar-refractivity contribution in [3.8, 4) is 0 Å². The average Bonchev–Trinajstić information content (AvgIpc) is 2.47. The van der Waals surface area contributed by atoms with Gasteiger partial charge in [-0.3, -0.25) is 4.99 Å². The van der Waals surface area contributed by atoms with E-state index >= 15 is 0 Å². The van der Waals surface area contributed by atoms with Crippen molar-refractivity contribution in [2.75, 3.05) is 20.7 Å². The number of nitrogens with two attached hydrogens (primary N) is 1. The lowest BCUT2D eigenvalue weighted by Gasteiger charge is -2.37. The fourth-order valence-corrected chi connectivity index (χ4v) is 1.69. The summed E-state index contributed by atoms with van der Waals surface area (Å²) in [6.45, 7) is 4.95. The van der Waals surface area contributed by atoms with Gasteiger partial charge in [0.25, 0.3) is 0 Å². The van der Waals surface area contributed by atoms with Crippen LogP contribution in [0.25, 0.3) is 0 Å². The van der Waals surface area contributed by atoms with Crippen LogP contribution in [0, 0.1) is 0 Å². The predicted molar refractivity (Wildman–Crippen MR) is 53.7 cm³/mol. The highest BCUT2D eigenvalue weighted by Crippen LogP contribution is 2.25. The van der Waals surface area contributed by atoms with Crippen LogP contribution in [0.2, 0.25) is 0 Å². The molecule has 0 radical (unpaired) electrons. The summed E-state index contributed by atoms with van der Waals surface area (Å²) in [7, 11) is 3.70. The minimum atomic E-state index is -0.153. The Labute approximate surface area is 79.8 Å². The Morgan fingerprint density at radius 3 is 2.69 bits per heavy atom. The Bertz CT molecular complexity index is 211. The van der Waals surface area contributed by atoms with Crippen LogP contribution >= 0.6 is 0 Å². The number of methoxy groups -OCH3 is 1. The lowest BCUT2D eigenvalue weighted by Crippen LogP contribution is -2.52. The third kappa shape index (κ3) is 1.63. The van der Waals surface area contributed by atoms with Crippen LogP contribution in [0.4, 0.5) is 0 Å². The van der Waals surface area contributed by atoms with Gasteiger partial charge in [0.15, 0.2) is 5.96 Å². The first-order chi connectivity index (χ1) is 6.05. The molecule has 13 heavy (non-hydrogen) atoms. The molecular formula is C9H19N3O. The molecule has 1 aliphatic rings. The first kappa shape index (κ1) is 10.3. The first-order valence-electron chi connectivity index (χ1n) is 4.63. The minimum Gasteiger partial charge on any atom is -0.376 e. The molecule has 0 aromatic rings. The van der Waals surface area contributed by atoms with E-state index in [2.05, 4.69) is 18.8 Å². The van der Waals surface area contributed by atoms with Crippen LogP contribution < -0.4 is 5.73 Å². The van der Waals surface area contributed by atoms with E-state index in [1.807, 2.05) is 11.9 Å². The lowest BCUT2D eigenvalue weighted by molar-refractivity contribution is -0.0413. The molecule has 0 aromatic carbocycles. The molecule has 4 nitrogen and oxygen atoms in total. The number of aliphatic imine (C=N–C) groups is 1. The summed E-state index contributed by atoms with van der Waals surface area (Å²) in [5, 5.41) is 0. The van der Waals surface area contributed by atoms with Crippen molar-refractivity contribution in [1.29, 1.82) is 0 Å². The van der Waals surface area contributed by atoms with E-state index in [1.165, 1.54) is 0 Å². The Morgan fingerprint density at radius 1 is 1.77 bits per heavy atom. The zero-order valence-corrected chi connectivity index (χ0v) is 8.87. The van der Waals surface area contributed by atoms with Gasteiger partial charge in [-0.05, 0) is 13.3 Å². The van der Waals surface area contributed by atoms with Crippen LogP contribution in [0.5, 0.6) is 0 Å². The summed E-state index contributed by atoms with van der Waals surface area (Å²) in [6, 6.07) is 0.266. The molecule has 1 rings (SSSR count). The number of likely N-dealkylation sites (N-methyl/N-ethyl adjacent to an activating group) is 1. The normalized spacial score (nSPS) is 27.2. The van der Waals surface area contributed by atoms with Gasteiger partial charge in [0.05, 0.1) is 18.2 Å². The number of guanidine groups is 1. The number of hydrogen-bond acceptors (Lipinski definition) is 4. The highest BCUT2D eigenvalue weighted by atomic mass is 16.5. The zero-order chi connectivity index (χ0) is 10.1. The molecule has 0 saturated carbocycles. The third-order valence-electron chi connectivity index (χ3n) is 3.13.